The SMILES string of the molecule is COc1cc(Br)cc(NCc2c(OC)nc3sccn23)c1. The zero-order chi connectivity index (χ0) is 14.8. The van der Waals surface area contributed by atoms with E-state index in [0.717, 1.165) is 26.6 Å². The standard InChI is InChI=1S/C14H14BrN3O2S/c1-19-11-6-9(15)5-10(7-11)16-8-12-13(20-2)17-14-18(12)3-4-21-14/h3-7,16H,8H2,1-2H3. The van der Waals surface area contributed by atoms with Gasteiger partial charge in [-0.25, -0.2) is 0 Å². The fourth-order valence-electron chi connectivity index (χ4n) is 2.11. The molecule has 0 aliphatic carbocycles. The van der Waals surface area contributed by atoms with Gasteiger partial charge in [-0.3, -0.25) is 4.40 Å². The minimum atomic E-state index is 0.612. The highest BCUT2D eigenvalue weighted by Crippen LogP contribution is 2.27. The van der Waals surface area contributed by atoms with E-state index in [1.54, 1.807) is 25.6 Å². The highest BCUT2D eigenvalue weighted by atomic mass is 79.9. The van der Waals surface area contributed by atoms with E-state index < -0.39 is 0 Å². The van der Waals surface area contributed by atoms with Crippen LogP contribution in [0, 0.1) is 0 Å². The van der Waals surface area contributed by atoms with E-state index in [1.165, 1.54) is 0 Å². The minimum Gasteiger partial charge on any atom is -0.497 e. The van der Waals surface area contributed by atoms with Crippen molar-refractivity contribution in [2.24, 2.45) is 0 Å². The second-order valence-electron chi connectivity index (χ2n) is 4.36. The second kappa shape index (κ2) is 5.95. The van der Waals surface area contributed by atoms with Gasteiger partial charge < -0.3 is 14.8 Å². The maximum atomic E-state index is 5.35. The lowest BCUT2D eigenvalue weighted by molar-refractivity contribution is 0.395. The Hall–Kier alpha value is -1.73. The highest BCUT2D eigenvalue weighted by molar-refractivity contribution is 9.10. The van der Waals surface area contributed by atoms with Crippen LogP contribution in [-0.2, 0) is 6.54 Å². The van der Waals surface area contributed by atoms with E-state index in [1.807, 2.05) is 34.2 Å². The van der Waals surface area contributed by atoms with Crippen LogP contribution in [0.5, 0.6) is 11.6 Å². The molecular weight excluding hydrogens is 354 g/mol. The number of nitrogens with one attached hydrogen (secondary N) is 1. The van der Waals surface area contributed by atoms with Crippen molar-refractivity contribution < 1.29 is 9.47 Å². The third kappa shape index (κ3) is 2.84. The van der Waals surface area contributed by atoms with Crippen LogP contribution >= 0.6 is 27.3 Å². The molecule has 1 N–H and O–H groups in total. The third-order valence-electron chi connectivity index (χ3n) is 3.08. The van der Waals surface area contributed by atoms with Gasteiger partial charge in [0.1, 0.15) is 11.4 Å². The molecule has 0 radical (unpaired) electrons. The van der Waals surface area contributed by atoms with Crippen molar-refractivity contribution in [2.45, 2.75) is 6.54 Å². The first-order chi connectivity index (χ1) is 10.2. The van der Waals surface area contributed by atoms with Crippen molar-refractivity contribution in [1.29, 1.82) is 0 Å². The maximum absolute atomic E-state index is 5.35. The van der Waals surface area contributed by atoms with Gasteiger partial charge >= 0.3 is 0 Å². The molecule has 0 spiro atoms. The first-order valence-electron chi connectivity index (χ1n) is 6.28. The average molecular weight is 368 g/mol. The predicted octanol–water partition coefficient (Wildman–Crippen LogP) is 3.79. The number of hydrogen-bond acceptors (Lipinski definition) is 5. The molecule has 0 unspecified atom stereocenters. The van der Waals surface area contributed by atoms with Gasteiger partial charge in [0, 0.05) is 27.8 Å². The summed E-state index contributed by atoms with van der Waals surface area (Å²) in [7, 11) is 3.29. The van der Waals surface area contributed by atoms with Crippen molar-refractivity contribution in [3.05, 3.63) is 39.9 Å². The third-order valence-corrected chi connectivity index (χ3v) is 4.30. The molecule has 110 valence electrons. The second-order valence-corrected chi connectivity index (χ2v) is 6.15. The van der Waals surface area contributed by atoms with E-state index in [-0.39, 0.29) is 0 Å². The minimum absolute atomic E-state index is 0.612. The Bertz CT molecular complexity index is 769. The van der Waals surface area contributed by atoms with Gasteiger partial charge in [-0.15, -0.1) is 11.3 Å². The van der Waals surface area contributed by atoms with Gasteiger partial charge in [0.15, 0.2) is 4.96 Å². The molecular formula is C14H14BrN3O2S. The number of methoxy groups -OCH3 is 2. The van der Waals surface area contributed by atoms with Crippen molar-refractivity contribution in [1.82, 2.24) is 9.38 Å². The maximum Gasteiger partial charge on any atom is 0.238 e. The Kier molecular flexibility index (Phi) is 4.03. The number of hydrogen-bond donors (Lipinski definition) is 1. The molecule has 0 bridgehead atoms. The molecule has 1 aromatic carbocycles. The van der Waals surface area contributed by atoms with Gasteiger partial charge in [-0.05, 0) is 12.1 Å². The van der Waals surface area contributed by atoms with E-state index in [4.69, 9.17) is 9.47 Å². The van der Waals surface area contributed by atoms with E-state index in [9.17, 15) is 0 Å². The first kappa shape index (κ1) is 14.2. The Balaban J connectivity index is 1.86. The molecule has 3 rings (SSSR count). The molecule has 0 amide bonds. The monoisotopic (exact) mass is 367 g/mol. The quantitative estimate of drug-likeness (QED) is 0.745. The Labute approximate surface area is 134 Å². The molecule has 0 atom stereocenters. The Morgan fingerprint density at radius 3 is 2.90 bits per heavy atom. The summed E-state index contributed by atoms with van der Waals surface area (Å²) >= 11 is 5.06. The molecule has 0 aliphatic heterocycles. The highest BCUT2D eigenvalue weighted by Gasteiger charge is 2.13. The fraction of sp³-hybridized carbons (Fsp3) is 0.214. The number of ether oxygens (including phenoxy) is 2. The summed E-state index contributed by atoms with van der Waals surface area (Å²) in [6.45, 7) is 0.612. The molecule has 2 aromatic heterocycles. The molecule has 5 nitrogen and oxygen atoms in total. The molecule has 0 saturated carbocycles. The lowest BCUT2D eigenvalue weighted by Gasteiger charge is -2.09. The summed E-state index contributed by atoms with van der Waals surface area (Å²) < 4.78 is 13.6. The number of nitrogens with zero attached hydrogens (tertiary/aromatic N) is 2. The van der Waals surface area contributed by atoms with Gasteiger partial charge in [0.25, 0.3) is 0 Å². The van der Waals surface area contributed by atoms with Gasteiger partial charge in [0.05, 0.1) is 20.8 Å². The molecule has 7 heteroatoms. The average Bonchev–Trinajstić information content (AvgIpc) is 3.05. The molecule has 0 fully saturated rings. The molecule has 3 aromatic rings. The summed E-state index contributed by atoms with van der Waals surface area (Å²) in [5, 5.41) is 5.38. The van der Waals surface area contributed by atoms with E-state index in [2.05, 4.69) is 26.2 Å². The van der Waals surface area contributed by atoms with Gasteiger partial charge in [-0.2, -0.15) is 4.98 Å². The van der Waals surface area contributed by atoms with Crippen molar-refractivity contribution in [3.8, 4) is 11.6 Å². The predicted molar refractivity (Wildman–Crippen MR) is 87.6 cm³/mol. The van der Waals surface area contributed by atoms with E-state index >= 15 is 0 Å². The molecule has 21 heavy (non-hydrogen) atoms. The number of halogens is 1. The number of anilines is 1. The van der Waals surface area contributed by atoms with Crippen LogP contribution in [0.4, 0.5) is 5.69 Å². The normalized spacial score (nSPS) is 10.8. The summed E-state index contributed by atoms with van der Waals surface area (Å²) in [4.78, 5) is 5.37. The molecule has 0 saturated heterocycles. The van der Waals surface area contributed by atoms with Crippen LogP contribution in [0.1, 0.15) is 5.69 Å². The van der Waals surface area contributed by atoms with Crippen LogP contribution in [0.25, 0.3) is 4.96 Å². The van der Waals surface area contributed by atoms with E-state index in [0.29, 0.717) is 12.4 Å². The lowest BCUT2D eigenvalue weighted by Crippen LogP contribution is -2.04. The first-order valence-corrected chi connectivity index (χ1v) is 7.95. The molecule has 0 aliphatic rings. The number of fused-ring (bicyclic) bond motifs is 1. The van der Waals surface area contributed by atoms with Gasteiger partial charge in [-0.1, -0.05) is 15.9 Å². The van der Waals surface area contributed by atoms with Crippen LogP contribution in [0.15, 0.2) is 34.2 Å². The largest absolute Gasteiger partial charge is 0.497 e. The summed E-state index contributed by atoms with van der Waals surface area (Å²) in [5.74, 6) is 1.45. The lowest BCUT2D eigenvalue weighted by atomic mass is 10.3. The van der Waals surface area contributed by atoms with Crippen molar-refractivity contribution in [2.75, 3.05) is 19.5 Å². The summed E-state index contributed by atoms with van der Waals surface area (Å²) in [6.07, 6.45) is 1.99. The van der Waals surface area contributed by atoms with Crippen molar-refractivity contribution in [3.63, 3.8) is 0 Å². The summed E-state index contributed by atoms with van der Waals surface area (Å²) in [5.41, 5.74) is 1.96. The number of aromatic nitrogens is 2. The van der Waals surface area contributed by atoms with Crippen LogP contribution in [0.3, 0.4) is 0 Å². The number of benzene rings is 1. The Morgan fingerprint density at radius 1 is 1.29 bits per heavy atom. The smallest absolute Gasteiger partial charge is 0.238 e. The summed E-state index contributed by atoms with van der Waals surface area (Å²) in [6, 6.07) is 5.87. The van der Waals surface area contributed by atoms with Gasteiger partial charge in [0.2, 0.25) is 5.88 Å². The number of rotatable bonds is 5. The topological polar surface area (TPSA) is 47.8 Å². The molecule has 2 heterocycles. The number of imidazole rings is 1. The van der Waals surface area contributed by atoms with Crippen molar-refractivity contribution >= 4 is 37.9 Å². The number of thiazole rings is 1. The Morgan fingerprint density at radius 2 is 2.14 bits per heavy atom. The van der Waals surface area contributed by atoms with Crippen LogP contribution in [0.2, 0.25) is 0 Å². The van der Waals surface area contributed by atoms with Crippen LogP contribution < -0.4 is 14.8 Å². The zero-order valence-corrected chi connectivity index (χ0v) is 14.0. The van der Waals surface area contributed by atoms with Crippen LogP contribution in [-0.4, -0.2) is 23.6 Å². The zero-order valence-electron chi connectivity index (χ0n) is 11.6. The fourth-order valence-corrected chi connectivity index (χ4v) is 3.30.